The number of primary amides is 1. The molecule has 104 valence electrons. The molecule has 19 heavy (non-hydrogen) atoms. The zero-order valence-corrected chi connectivity index (χ0v) is 11.3. The summed E-state index contributed by atoms with van der Waals surface area (Å²) in [6, 6.07) is -0.111. The highest BCUT2D eigenvalue weighted by Gasteiger charge is 2.24. The number of halogens is 2. The number of rotatable bonds is 5. The van der Waals surface area contributed by atoms with Crippen LogP contribution in [0, 0.1) is 0 Å². The number of hydrogen-bond donors (Lipinski definition) is 3. The van der Waals surface area contributed by atoms with Crippen LogP contribution in [0.5, 0.6) is 0 Å². The molecule has 1 rings (SSSR count). The van der Waals surface area contributed by atoms with E-state index in [1.807, 2.05) is 0 Å². The molecule has 0 bridgehead atoms. The monoisotopic (exact) mass is 307 g/mol. The van der Waals surface area contributed by atoms with Gasteiger partial charge in [0.2, 0.25) is 5.91 Å². The predicted molar refractivity (Wildman–Crippen MR) is 68.1 cm³/mol. The van der Waals surface area contributed by atoms with Crippen molar-refractivity contribution in [1.29, 1.82) is 0 Å². The Morgan fingerprint density at radius 3 is 2.42 bits per heavy atom. The number of nitrogens with two attached hydrogens (primary N) is 1. The van der Waals surface area contributed by atoms with Gasteiger partial charge in [0.1, 0.15) is 16.9 Å². The van der Waals surface area contributed by atoms with Crippen LogP contribution in [0.1, 0.15) is 16.9 Å². The lowest BCUT2D eigenvalue weighted by Gasteiger charge is -2.13. The molecule has 0 aliphatic heterocycles. The van der Waals surface area contributed by atoms with Gasteiger partial charge in [-0.3, -0.25) is 9.59 Å². The van der Waals surface area contributed by atoms with E-state index in [2.05, 4.69) is 5.32 Å². The van der Waals surface area contributed by atoms with Crippen LogP contribution in [0.3, 0.4) is 0 Å². The average Bonchev–Trinajstić information content (AvgIpc) is 2.55. The normalized spacial score (nSPS) is 11.9. The summed E-state index contributed by atoms with van der Waals surface area (Å²) in [6.45, 7) is 0. The van der Waals surface area contributed by atoms with Gasteiger partial charge in [-0.25, -0.2) is 4.79 Å². The van der Waals surface area contributed by atoms with Gasteiger partial charge in [-0.2, -0.15) is 0 Å². The third-order valence-electron chi connectivity index (χ3n) is 2.36. The highest BCUT2D eigenvalue weighted by atomic mass is 35.5. The Bertz CT molecular complexity index is 541. The van der Waals surface area contributed by atoms with E-state index >= 15 is 0 Å². The first kappa shape index (κ1) is 15.3. The average molecular weight is 308 g/mol. The molecule has 0 unspecified atom stereocenters. The number of aromatic nitrogens is 1. The van der Waals surface area contributed by atoms with E-state index < -0.39 is 30.2 Å². The first-order valence-electron chi connectivity index (χ1n) is 5.06. The molecule has 9 heteroatoms. The quantitative estimate of drug-likeness (QED) is 0.730. The second-order valence-corrected chi connectivity index (χ2v) is 4.53. The van der Waals surface area contributed by atoms with Gasteiger partial charge in [-0.05, 0) is 6.07 Å². The third-order valence-corrected chi connectivity index (χ3v) is 3.20. The number of hydrogen-bond acceptors (Lipinski definition) is 3. The second-order valence-electron chi connectivity index (χ2n) is 3.76. The summed E-state index contributed by atoms with van der Waals surface area (Å²) in [5.41, 5.74) is 4.98. The summed E-state index contributed by atoms with van der Waals surface area (Å²) in [5.74, 6) is -2.92. The molecule has 7 nitrogen and oxygen atoms in total. The first-order chi connectivity index (χ1) is 8.73. The first-order valence-corrected chi connectivity index (χ1v) is 5.82. The highest BCUT2D eigenvalue weighted by molar-refractivity contribution is 6.41. The minimum atomic E-state index is -1.41. The van der Waals surface area contributed by atoms with Crippen molar-refractivity contribution in [2.45, 2.75) is 12.5 Å². The minimum Gasteiger partial charge on any atom is -0.480 e. The summed E-state index contributed by atoms with van der Waals surface area (Å²) >= 11 is 11.5. The number of carboxylic acids is 1. The van der Waals surface area contributed by atoms with E-state index in [0.717, 1.165) is 0 Å². The fourth-order valence-electron chi connectivity index (χ4n) is 1.39. The SMILES string of the molecule is Cn1c(C(=O)N[C@H](CC(N)=O)C(=O)O)cc(Cl)c1Cl. The number of carbonyl (C=O) groups is 3. The van der Waals surface area contributed by atoms with E-state index in [1.165, 1.54) is 17.7 Å². The predicted octanol–water partition coefficient (Wildman–Crippen LogP) is 0.390. The smallest absolute Gasteiger partial charge is 0.326 e. The standard InChI is InChI=1S/C10H11Cl2N3O4/c1-15-6(2-4(11)8(15)12)9(17)14-5(10(18)19)3-7(13)16/h2,5H,3H2,1H3,(H2,13,16)(H,14,17)(H,18,19)/t5-/m1/s1. The Hall–Kier alpha value is -1.73. The van der Waals surface area contributed by atoms with Crippen molar-refractivity contribution >= 4 is 41.0 Å². The van der Waals surface area contributed by atoms with Crippen LogP contribution >= 0.6 is 23.2 Å². The lowest BCUT2D eigenvalue weighted by molar-refractivity contribution is -0.140. The lowest BCUT2D eigenvalue weighted by Crippen LogP contribution is -2.43. The molecule has 0 fully saturated rings. The number of carbonyl (C=O) groups excluding carboxylic acids is 2. The van der Waals surface area contributed by atoms with Gasteiger partial charge in [-0.15, -0.1) is 0 Å². The molecule has 0 radical (unpaired) electrons. The summed E-state index contributed by atoms with van der Waals surface area (Å²) in [4.78, 5) is 33.5. The Morgan fingerprint density at radius 1 is 1.47 bits per heavy atom. The number of amides is 2. The van der Waals surface area contributed by atoms with Gasteiger partial charge in [0.25, 0.3) is 5.91 Å². The van der Waals surface area contributed by atoms with Gasteiger partial charge in [0.15, 0.2) is 0 Å². The fourth-order valence-corrected chi connectivity index (χ4v) is 1.77. The van der Waals surface area contributed by atoms with Crippen molar-refractivity contribution in [2.24, 2.45) is 12.8 Å². The molecule has 2 amide bonds. The number of carboxylic acid groups (broad SMARTS) is 1. The molecule has 4 N–H and O–H groups in total. The lowest BCUT2D eigenvalue weighted by atomic mass is 10.2. The van der Waals surface area contributed by atoms with Crippen molar-refractivity contribution in [3.8, 4) is 0 Å². The Kier molecular flexibility index (Phi) is 4.79. The van der Waals surface area contributed by atoms with Crippen molar-refractivity contribution < 1.29 is 19.5 Å². The van der Waals surface area contributed by atoms with Gasteiger partial charge in [-0.1, -0.05) is 23.2 Å². The zero-order chi connectivity index (χ0) is 14.7. The second kappa shape index (κ2) is 5.94. The van der Waals surface area contributed by atoms with Crippen LogP contribution in [0.25, 0.3) is 0 Å². The molecule has 0 saturated carbocycles. The van der Waals surface area contributed by atoms with Crippen molar-refractivity contribution in [1.82, 2.24) is 9.88 Å². The van der Waals surface area contributed by atoms with Crippen molar-refractivity contribution in [2.75, 3.05) is 0 Å². The summed E-state index contributed by atoms with van der Waals surface area (Å²) in [5, 5.41) is 11.3. The zero-order valence-electron chi connectivity index (χ0n) is 9.81. The van der Waals surface area contributed by atoms with Gasteiger partial charge < -0.3 is 20.7 Å². The van der Waals surface area contributed by atoms with Gasteiger partial charge >= 0.3 is 5.97 Å². The Balaban J connectivity index is 2.91. The molecule has 0 aliphatic rings. The molecule has 1 heterocycles. The minimum absolute atomic E-state index is 0.0747. The number of aliphatic carboxylic acids is 1. The maximum atomic E-state index is 11.9. The molecule has 0 spiro atoms. The maximum absolute atomic E-state index is 11.9. The van der Waals surface area contributed by atoms with Crippen molar-refractivity contribution in [3.05, 3.63) is 21.9 Å². The fraction of sp³-hybridized carbons (Fsp3) is 0.300. The topological polar surface area (TPSA) is 114 Å². The van der Waals surface area contributed by atoms with E-state index in [1.54, 1.807) is 0 Å². The summed E-state index contributed by atoms with van der Waals surface area (Å²) in [7, 11) is 1.49. The van der Waals surface area contributed by atoms with Crippen LogP contribution in [0.15, 0.2) is 6.07 Å². The van der Waals surface area contributed by atoms with Crippen molar-refractivity contribution in [3.63, 3.8) is 0 Å². The molecule has 0 aliphatic carbocycles. The molecule has 0 aromatic carbocycles. The van der Waals surface area contributed by atoms with Crippen LogP contribution in [0.4, 0.5) is 0 Å². The Morgan fingerprint density at radius 2 is 2.05 bits per heavy atom. The molecule has 1 atom stereocenters. The maximum Gasteiger partial charge on any atom is 0.326 e. The molecule has 1 aromatic heterocycles. The van der Waals surface area contributed by atoms with E-state index in [4.69, 9.17) is 34.0 Å². The number of nitrogens with one attached hydrogen (secondary N) is 1. The molecule has 1 aromatic rings. The van der Waals surface area contributed by atoms with E-state index in [0.29, 0.717) is 0 Å². The largest absolute Gasteiger partial charge is 0.480 e. The van der Waals surface area contributed by atoms with Crippen LogP contribution in [0.2, 0.25) is 10.2 Å². The molecule has 0 saturated heterocycles. The number of nitrogens with zero attached hydrogens (tertiary/aromatic N) is 1. The molecular weight excluding hydrogens is 297 g/mol. The summed E-state index contributed by atoms with van der Waals surface area (Å²) < 4.78 is 1.29. The van der Waals surface area contributed by atoms with Crippen LogP contribution < -0.4 is 11.1 Å². The molecular formula is C10H11Cl2N3O4. The highest BCUT2D eigenvalue weighted by Crippen LogP contribution is 2.25. The Labute approximate surface area is 118 Å². The van der Waals surface area contributed by atoms with E-state index in [9.17, 15) is 14.4 Å². The van der Waals surface area contributed by atoms with E-state index in [-0.39, 0.29) is 15.9 Å². The third kappa shape index (κ3) is 3.62. The van der Waals surface area contributed by atoms with Crippen LogP contribution in [-0.2, 0) is 16.6 Å². The van der Waals surface area contributed by atoms with Gasteiger partial charge in [0, 0.05) is 7.05 Å². The summed E-state index contributed by atoms with van der Waals surface area (Å²) in [6.07, 6.45) is -0.507. The van der Waals surface area contributed by atoms with Gasteiger partial charge in [0.05, 0.1) is 11.4 Å². The van der Waals surface area contributed by atoms with Crippen LogP contribution in [-0.4, -0.2) is 33.5 Å².